The number of carbonyl (C=O) groups excluding carboxylic acids is 1. The van der Waals surface area contributed by atoms with E-state index in [9.17, 15) is 4.79 Å². The van der Waals surface area contributed by atoms with Gasteiger partial charge in [-0.05, 0) is 6.92 Å². The van der Waals surface area contributed by atoms with Crippen molar-refractivity contribution in [2.45, 2.75) is 6.92 Å². The molecule has 13 heavy (non-hydrogen) atoms. The van der Waals surface area contributed by atoms with Gasteiger partial charge in [-0.3, -0.25) is 9.47 Å². The van der Waals surface area contributed by atoms with E-state index in [1.54, 1.807) is 24.7 Å². The van der Waals surface area contributed by atoms with Crippen LogP contribution in [-0.2, 0) is 0 Å². The predicted octanol–water partition coefficient (Wildman–Crippen LogP) is 1.83. The minimum Gasteiger partial charge on any atom is -0.277 e. The van der Waals surface area contributed by atoms with Gasteiger partial charge in [-0.1, -0.05) is 12.7 Å². The molecular weight excluding hydrogens is 166 g/mol. The molecule has 1 amide bonds. The molecule has 0 fully saturated rings. The van der Waals surface area contributed by atoms with Gasteiger partial charge in [0.2, 0.25) is 0 Å². The zero-order valence-corrected chi connectivity index (χ0v) is 7.42. The average molecular weight is 177 g/mol. The molecule has 0 N–H and O–H groups in total. The standard InChI is InChI=1S/C9H11N3O/c1-3-6-11(4-2)9(13)12-7-5-10-8-12/h3-8H,2H2,1H3. The van der Waals surface area contributed by atoms with Gasteiger partial charge in [0.15, 0.2) is 0 Å². The van der Waals surface area contributed by atoms with Crippen LogP contribution < -0.4 is 0 Å². The van der Waals surface area contributed by atoms with E-state index in [4.69, 9.17) is 0 Å². The number of aromatic nitrogens is 2. The second-order valence-electron chi connectivity index (χ2n) is 2.32. The van der Waals surface area contributed by atoms with E-state index in [0.717, 1.165) is 0 Å². The highest BCUT2D eigenvalue weighted by Crippen LogP contribution is 1.97. The molecule has 1 heterocycles. The molecule has 0 saturated heterocycles. The van der Waals surface area contributed by atoms with Crippen molar-refractivity contribution in [2.75, 3.05) is 0 Å². The second-order valence-corrected chi connectivity index (χ2v) is 2.32. The molecule has 0 aromatic carbocycles. The van der Waals surface area contributed by atoms with Crippen molar-refractivity contribution in [1.82, 2.24) is 14.5 Å². The van der Waals surface area contributed by atoms with Gasteiger partial charge in [-0.25, -0.2) is 9.78 Å². The molecule has 68 valence electrons. The predicted molar refractivity (Wildman–Crippen MR) is 49.9 cm³/mol. The molecule has 1 aromatic heterocycles. The fraction of sp³-hybridized carbons (Fsp3) is 0.111. The van der Waals surface area contributed by atoms with Crippen LogP contribution >= 0.6 is 0 Å². The molecule has 0 aliphatic heterocycles. The third-order valence-corrected chi connectivity index (χ3v) is 1.45. The molecular formula is C9H11N3O. The molecule has 0 unspecified atom stereocenters. The first kappa shape index (κ1) is 9.25. The number of imidazole rings is 1. The summed E-state index contributed by atoms with van der Waals surface area (Å²) in [7, 11) is 0. The summed E-state index contributed by atoms with van der Waals surface area (Å²) in [5.74, 6) is 0. The Morgan fingerprint density at radius 3 is 2.92 bits per heavy atom. The molecule has 0 bridgehead atoms. The number of hydrogen-bond donors (Lipinski definition) is 0. The highest BCUT2D eigenvalue weighted by atomic mass is 16.2. The van der Waals surface area contributed by atoms with E-state index < -0.39 is 0 Å². The third kappa shape index (κ3) is 2.05. The Kier molecular flexibility index (Phi) is 3.03. The van der Waals surface area contributed by atoms with Gasteiger partial charge in [0, 0.05) is 24.8 Å². The molecule has 0 aliphatic rings. The average Bonchev–Trinajstić information content (AvgIpc) is 2.65. The van der Waals surface area contributed by atoms with Crippen LogP contribution in [0.15, 0.2) is 43.8 Å². The third-order valence-electron chi connectivity index (χ3n) is 1.45. The van der Waals surface area contributed by atoms with Crippen LogP contribution in [0.25, 0.3) is 0 Å². The fourth-order valence-electron chi connectivity index (χ4n) is 0.869. The van der Waals surface area contributed by atoms with Gasteiger partial charge in [0.25, 0.3) is 0 Å². The van der Waals surface area contributed by atoms with E-state index in [1.165, 1.54) is 22.0 Å². The molecule has 0 radical (unpaired) electrons. The Labute approximate surface area is 76.8 Å². The lowest BCUT2D eigenvalue weighted by molar-refractivity contribution is 0.228. The zero-order chi connectivity index (χ0) is 9.68. The lowest BCUT2D eigenvalue weighted by atomic mass is 10.6. The first-order valence-electron chi connectivity index (χ1n) is 3.85. The molecule has 1 aromatic rings. The Balaban J connectivity index is 2.82. The van der Waals surface area contributed by atoms with Gasteiger partial charge in [0.05, 0.1) is 0 Å². The molecule has 0 aliphatic carbocycles. The maximum absolute atomic E-state index is 11.6. The van der Waals surface area contributed by atoms with Crippen molar-refractivity contribution in [3.63, 3.8) is 0 Å². The van der Waals surface area contributed by atoms with Gasteiger partial charge in [-0.15, -0.1) is 0 Å². The van der Waals surface area contributed by atoms with Gasteiger partial charge < -0.3 is 0 Å². The summed E-state index contributed by atoms with van der Waals surface area (Å²) in [6.45, 7) is 5.36. The summed E-state index contributed by atoms with van der Waals surface area (Å²) in [6.07, 6.45) is 9.42. The minimum atomic E-state index is -0.203. The lowest BCUT2D eigenvalue weighted by Gasteiger charge is -2.11. The number of amides is 1. The number of rotatable bonds is 2. The van der Waals surface area contributed by atoms with Gasteiger partial charge in [-0.2, -0.15) is 0 Å². The first-order valence-corrected chi connectivity index (χ1v) is 3.85. The van der Waals surface area contributed by atoms with Crippen LogP contribution in [0.1, 0.15) is 6.92 Å². The summed E-state index contributed by atoms with van der Waals surface area (Å²) < 4.78 is 1.38. The van der Waals surface area contributed by atoms with Crippen LogP contribution in [0, 0.1) is 0 Å². The number of carbonyl (C=O) groups is 1. The Hall–Kier alpha value is -1.84. The summed E-state index contributed by atoms with van der Waals surface area (Å²) in [5.41, 5.74) is 0. The molecule has 4 heteroatoms. The smallest absolute Gasteiger partial charge is 0.277 e. The fourth-order valence-corrected chi connectivity index (χ4v) is 0.869. The minimum absolute atomic E-state index is 0.203. The van der Waals surface area contributed by atoms with Crippen molar-refractivity contribution < 1.29 is 4.79 Å². The molecule has 0 spiro atoms. The summed E-state index contributed by atoms with van der Waals surface area (Å²) in [4.78, 5) is 16.7. The number of hydrogen-bond acceptors (Lipinski definition) is 2. The highest BCUT2D eigenvalue weighted by molar-refractivity contribution is 5.78. The van der Waals surface area contributed by atoms with Crippen molar-refractivity contribution >= 4 is 6.03 Å². The van der Waals surface area contributed by atoms with E-state index >= 15 is 0 Å². The van der Waals surface area contributed by atoms with Crippen molar-refractivity contribution in [2.24, 2.45) is 0 Å². The van der Waals surface area contributed by atoms with Crippen LogP contribution in [-0.4, -0.2) is 20.5 Å². The summed E-state index contributed by atoms with van der Waals surface area (Å²) in [6, 6.07) is -0.203. The van der Waals surface area contributed by atoms with E-state index in [-0.39, 0.29) is 6.03 Å². The highest BCUT2D eigenvalue weighted by Gasteiger charge is 2.07. The number of allylic oxidation sites excluding steroid dienone is 1. The Morgan fingerprint density at radius 2 is 2.46 bits per heavy atom. The van der Waals surface area contributed by atoms with E-state index in [0.29, 0.717) is 0 Å². The monoisotopic (exact) mass is 177 g/mol. The normalized spacial score (nSPS) is 10.2. The second kappa shape index (κ2) is 4.25. The maximum Gasteiger partial charge on any atom is 0.337 e. The van der Waals surface area contributed by atoms with Crippen LogP contribution in [0.5, 0.6) is 0 Å². The van der Waals surface area contributed by atoms with E-state index in [1.807, 2.05) is 6.92 Å². The molecule has 1 rings (SSSR count). The first-order chi connectivity index (χ1) is 6.29. The Morgan fingerprint density at radius 1 is 1.69 bits per heavy atom. The van der Waals surface area contributed by atoms with Crippen LogP contribution in [0.3, 0.4) is 0 Å². The van der Waals surface area contributed by atoms with Gasteiger partial charge in [0.1, 0.15) is 6.33 Å². The quantitative estimate of drug-likeness (QED) is 0.691. The van der Waals surface area contributed by atoms with Gasteiger partial charge >= 0.3 is 6.03 Å². The molecule has 4 nitrogen and oxygen atoms in total. The Bertz CT molecular complexity index is 314. The van der Waals surface area contributed by atoms with Crippen LogP contribution in [0.4, 0.5) is 4.79 Å². The number of nitrogens with zero attached hydrogens (tertiary/aromatic N) is 3. The zero-order valence-electron chi connectivity index (χ0n) is 7.42. The molecule has 0 atom stereocenters. The maximum atomic E-state index is 11.6. The van der Waals surface area contributed by atoms with Crippen molar-refractivity contribution in [3.8, 4) is 0 Å². The van der Waals surface area contributed by atoms with Crippen LogP contribution in [0.2, 0.25) is 0 Å². The topological polar surface area (TPSA) is 38.1 Å². The SMILES string of the molecule is C=CN(C=CC)C(=O)n1ccnc1. The summed E-state index contributed by atoms with van der Waals surface area (Å²) >= 11 is 0. The largest absolute Gasteiger partial charge is 0.337 e. The van der Waals surface area contributed by atoms with E-state index in [2.05, 4.69) is 11.6 Å². The lowest BCUT2D eigenvalue weighted by Crippen LogP contribution is -2.24. The van der Waals surface area contributed by atoms with Crippen molar-refractivity contribution in [3.05, 3.63) is 43.8 Å². The van der Waals surface area contributed by atoms with Crippen molar-refractivity contribution in [1.29, 1.82) is 0 Å². The molecule has 0 saturated carbocycles. The summed E-state index contributed by atoms with van der Waals surface area (Å²) in [5, 5.41) is 0.